The first-order chi connectivity index (χ1) is 9.13. The van der Waals surface area contributed by atoms with Gasteiger partial charge in [0.05, 0.1) is 19.2 Å². The first kappa shape index (κ1) is 13.6. The van der Waals surface area contributed by atoms with Crippen LogP contribution in [-0.4, -0.2) is 73.7 Å². The van der Waals surface area contributed by atoms with E-state index < -0.39 is 0 Å². The van der Waals surface area contributed by atoms with Crippen molar-refractivity contribution in [3.63, 3.8) is 0 Å². The summed E-state index contributed by atoms with van der Waals surface area (Å²) in [5.74, 6) is -0.225. The molecule has 2 N–H and O–H groups in total. The molecule has 0 radical (unpaired) electrons. The van der Waals surface area contributed by atoms with Gasteiger partial charge in [-0.25, -0.2) is 9.59 Å². The highest BCUT2D eigenvalue weighted by Gasteiger charge is 2.39. The summed E-state index contributed by atoms with van der Waals surface area (Å²) in [7, 11) is 1.57. The molecule has 19 heavy (non-hydrogen) atoms. The molecule has 8 nitrogen and oxygen atoms in total. The molecule has 1 atom stereocenters. The summed E-state index contributed by atoms with van der Waals surface area (Å²) in [6.45, 7) is 1.88. The lowest BCUT2D eigenvalue weighted by Crippen LogP contribution is -2.45. The van der Waals surface area contributed by atoms with Crippen molar-refractivity contribution in [2.75, 3.05) is 39.9 Å². The van der Waals surface area contributed by atoms with Crippen LogP contribution in [0.3, 0.4) is 0 Å². The van der Waals surface area contributed by atoms with Crippen LogP contribution < -0.4 is 10.6 Å². The van der Waals surface area contributed by atoms with Crippen molar-refractivity contribution in [3.8, 4) is 0 Å². The number of hydrogen-bond acceptors (Lipinski definition) is 4. The number of ether oxygens (including phenoxy) is 1. The quantitative estimate of drug-likeness (QED) is 0.505. The van der Waals surface area contributed by atoms with Crippen LogP contribution >= 0.6 is 0 Å². The number of urea groups is 2. The van der Waals surface area contributed by atoms with Gasteiger partial charge in [-0.1, -0.05) is 0 Å². The SMILES string of the molecule is COCCNC(=O)N1CCC(N2C(=O)CNC2=O)C1. The molecule has 2 rings (SSSR count). The van der Waals surface area contributed by atoms with Crippen LogP contribution in [0, 0.1) is 0 Å². The molecule has 2 aliphatic heterocycles. The highest BCUT2D eigenvalue weighted by atomic mass is 16.5. The lowest BCUT2D eigenvalue weighted by atomic mass is 10.2. The van der Waals surface area contributed by atoms with Gasteiger partial charge in [-0.2, -0.15) is 0 Å². The number of carbonyl (C=O) groups excluding carboxylic acids is 3. The fraction of sp³-hybridized carbons (Fsp3) is 0.727. The van der Waals surface area contributed by atoms with E-state index >= 15 is 0 Å². The van der Waals surface area contributed by atoms with E-state index in [2.05, 4.69) is 10.6 Å². The lowest BCUT2D eigenvalue weighted by Gasteiger charge is -2.21. The molecule has 0 aliphatic carbocycles. The zero-order valence-electron chi connectivity index (χ0n) is 10.8. The molecule has 2 fully saturated rings. The molecule has 0 aromatic carbocycles. The van der Waals surface area contributed by atoms with Gasteiger partial charge in [-0.05, 0) is 6.42 Å². The largest absolute Gasteiger partial charge is 0.383 e. The second-order valence-corrected chi connectivity index (χ2v) is 4.54. The third-order valence-corrected chi connectivity index (χ3v) is 3.28. The summed E-state index contributed by atoms with van der Waals surface area (Å²) in [5, 5.41) is 5.20. The molecule has 0 aromatic heterocycles. The number of likely N-dealkylation sites (tertiary alicyclic amines) is 1. The van der Waals surface area contributed by atoms with Crippen molar-refractivity contribution in [1.82, 2.24) is 20.4 Å². The van der Waals surface area contributed by atoms with Gasteiger partial charge in [-0.15, -0.1) is 0 Å². The summed E-state index contributed by atoms with van der Waals surface area (Å²) in [5.41, 5.74) is 0. The number of rotatable bonds is 4. The Hall–Kier alpha value is -1.83. The monoisotopic (exact) mass is 270 g/mol. The number of hydrogen-bond donors (Lipinski definition) is 2. The fourth-order valence-electron chi connectivity index (χ4n) is 2.31. The van der Waals surface area contributed by atoms with E-state index in [4.69, 9.17) is 4.74 Å². The lowest BCUT2D eigenvalue weighted by molar-refractivity contribution is -0.126. The Morgan fingerprint density at radius 3 is 2.95 bits per heavy atom. The Balaban J connectivity index is 1.84. The third kappa shape index (κ3) is 2.95. The van der Waals surface area contributed by atoms with Gasteiger partial charge < -0.3 is 20.3 Å². The molecular weight excluding hydrogens is 252 g/mol. The molecule has 0 aromatic rings. The Bertz CT molecular complexity index is 371. The maximum Gasteiger partial charge on any atom is 0.324 e. The zero-order chi connectivity index (χ0) is 13.8. The van der Waals surface area contributed by atoms with E-state index in [1.807, 2.05) is 0 Å². The number of imide groups is 1. The van der Waals surface area contributed by atoms with Crippen LogP contribution in [0.15, 0.2) is 0 Å². The van der Waals surface area contributed by atoms with Gasteiger partial charge in [0.15, 0.2) is 0 Å². The smallest absolute Gasteiger partial charge is 0.324 e. The molecule has 0 saturated carbocycles. The number of methoxy groups -OCH3 is 1. The van der Waals surface area contributed by atoms with E-state index in [1.165, 1.54) is 4.90 Å². The minimum atomic E-state index is -0.364. The molecule has 8 heteroatoms. The van der Waals surface area contributed by atoms with Crippen molar-refractivity contribution >= 4 is 18.0 Å². The van der Waals surface area contributed by atoms with Crippen LogP contribution in [0.2, 0.25) is 0 Å². The summed E-state index contributed by atoms with van der Waals surface area (Å²) in [4.78, 5) is 37.7. The molecule has 106 valence electrons. The van der Waals surface area contributed by atoms with E-state index in [9.17, 15) is 14.4 Å². The Labute approximate surface area is 111 Å². The Morgan fingerprint density at radius 2 is 2.32 bits per heavy atom. The van der Waals surface area contributed by atoms with Crippen molar-refractivity contribution < 1.29 is 19.1 Å². The number of nitrogens with zero attached hydrogens (tertiary/aromatic N) is 2. The van der Waals surface area contributed by atoms with Crippen LogP contribution in [-0.2, 0) is 9.53 Å². The summed E-state index contributed by atoms with van der Waals surface area (Å²) in [6.07, 6.45) is 0.622. The standard InChI is InChI=1S/C11H18N4O4/c1-19-5-3-12-10(17)14-4-2-8(7-14)15-9(16)6-13-11(15)18/h8H,2-7H2,1H3,(H,12,17)(H,13,18). The van der Waals surface area contributed by atoms with Crippen molar-refractivity contribution in [2.45, 2.75) is 12.5 Å². The molecule has 2 aliphatic rings. The average Bonchev–Trinajstić information content (AvgIpc) is 2.97. The second-order valence-electron chi connectivity index (χ2n) is 4.54. The predicted octanol–water partition coefficient (Wildman–Crippen LogP) is -1.03. The number of nitrogens with one attached hydrogen (secondary N) is 2. The van der Waals surface area contributed by atoms with Crippen molar-refractivity contribution in [3.05, 3.63) is 0 Å². The average molecular weight is 270 g/mol. The number of carbonyl (C=O) groups is 3. The van der Waals surface area contributed by atoms with Gasteiger partial charge >= 0.3 is 12.1 Å². The van der Waals surface area contributed by atoms with Gasteiger partial charge in [0.2, 0.25) is 5.91 Å². The Morgan fingerprint density at radius 1 is 1.53 bits per heavy atom. The third-order valence-electron chi connectivity index (χ3n) is 3.28. The summed E-state index contributed by atoms with van der Waals surface area (Å²) < 4.78 is 4.85. The molecular formula is C11H18N4O4. The van der Waals surface area contributed by atoms with Gasteiger partial charge in [-0.3, -0.25) is 9.69 Å². The van der Waals surface area contributed by atoms with Crippen LogP contribution in [0.4, 0.5) is 9.59 Å². The predicted molar refractivity (Wildman–Crippen MR) is 65.5 cm³/mol. The Kier molecular flexibility index (Phi) is 4.20. The van der Waals surface area contributed by atoms with Crippen LogP contribution in [0.5, 0.6) is 0 Å². The van der Waals surface area contributed by atoms with Crippen LogP contribution in [0.25, 0.3) is 0 Å². The van der Waals surface area contributed by atoms with E-state index in [0.717, 1.165) is 0 Å². The minimum absolute atomic E-state index is 0.0510. The van der Waals surface area contributed by atoms with Crippen LogP contribution in [0.1, 0.15) is 6.42 Å². The minimum Gasteiger partial charge on any atom is -0.383 e. The normalized spacial score (nSPS) is 22.9. The van der Waals surface area contributed by atoms with Gasteiger partial charge in [0.25, 0.3) is 0 Å². The molecule has 2 saturated heterocycles. The highest BCUT2D eigenvalue weighted by molar-refractivity contribution is 6.02. The van der Waals surface area contributed by atoms with E-state index in [-0.39, 0.29) is 30.6 Å². The first-order valence-corrected chi connectivity index (χ1v) is 6.25. The summed E-state index contributed by atoms with van der Waals surface area (Å²) in [6, 6.07) is -0.772. The molecule has 0 bridgehead atoms. The summed E-state index contributed by atoms with van der Waals surface area (Å²) >= 11 is 0. The highest BCUT2D eigenvalue weighted by Crippen LogP contribution is 2.18. The molecule has 1 unspecified atom stereocenters. The van der Waals surface area contributed by atoms with Gasteiger partial charge in [0.1, 0.15) is 0 Å². The van der Waals surface area contributed by atoms with E-state index in [0.29, 0.717) is 32.7 Å². The topological polar surface area (TPSA) is 91.0 Å². The first-order valence-electron chi connectivity index (χ1n) is 6.25. The zero-order valence-corrected chi connectivity index (χ0v) is 10.8. The van der Waals surface area contributed by atoms with Gasteiger partial charge in [0, 0.05) is 26.7 Å². The maximum atomic E-state index is 11.8. The molecule has 5 amide bonds. The van der Waals surface area contributed by atoms with Crippen molar-refractivity contribution in [2.24, 2.45) is 0 Å². The molecule has 0 spiro atoms. The fourth-order valence-corrected chi connectivity index (χ4v) is 2.31. The van der Waals surface area contributed by atoms with Crippen molar-refractivity contribution in [1.29, 1.82) is 0 Å². The van der Waals surface area contributed by atoms with E-state index in [1.54, 1.807) is 12.0 Å². The second kappa shape index (κ2) is 5.87. The maximum absolute atomic E-state index is 11.8. The molecule has 2 heterocycles. The number of amides is 5.